The van der Waals surface area contributed by atoms with E-state index in [1.54, 1.807) is 36.4 Å². The number of carbonyl (C=O) groups is 2. The van der Waals surface area contributed by atoms with E-state index in [1.165, 1.54) is 24.1 Å². The smallest absolute Gasteiger partial charge is 0.293 e. The van der Waals surface area contributed by atoms with Gasteiger partial charge in [0.1, 0.15) is 24.8 Å². The van der Waals surface area contributed by atoms with Crippen LogP contribution in [0.25, 0.3) is 6.08 Å². The van der Waals surface area contributed by atoms with Crippen LogP contribution in [0.15, 0.2) is 71.6 Å². The molecule has 1 saturated heterocycles. The summed E-state index contributed by atoms with van der Waals surface area (Å²) in [6.45, 7) is 2.50. The fraction of sp³-hybridized carbons (Fsp3) is 0.185. The molecule has 0 N–H and O–H groups in total. The number of rotatable bonds is 9. The Morgan fingerprint density at radius 3 is 2.43 bits per heavy atom. The van der Waals surface area contributed by atoms with Crippen molar-refractivity contribution in [3.05, 3.63) is 94.1 Å². The molecule has 3 aromatic carbocycles. The van der Waals surface area contributed by atoms with Crippen molar-refractivity contribution in [1.29, 1.82) is 0 Å². The van der Waals surface area contributed by atoms with Crippen molar-refractivity contribution in [3.63, 3.8) is 0 Å². The number of aryl methyl sites for hydroxylation is 1. The predicted octanol–water partition coefficient (Wildman–Crippen LogP) is 5.84. The van der Waals surface area contributed by atoms with Gasteiger partial charge in [-0.2, -0.15) is 0 Å². The number of halogens is 1. The van der Waals surface area contributed by atoms with Crippen LogP contribution in [0.2, 0.25) is 0 Å². The minimum atomic E-state index is -0.389. The number of nitrogens with zero attached hydrogens (tertiary/aromatic N) is 1. The lowest BCUT2D eigenvalue weighted by atomic mass is 10.1. The van der Waals surface area contributed by atoms with Crippen LogP contribution in [0, 0.1) is 12.7 Å². The van der Waals surface area contributed by atoms with E-state index in [0.29, 0.717) is 22.8 Å². The van der Waals surface area contributed by atoms with Gasteiger partial charge < -0.3 is 14.2 Å². The third kappa shape index (κ3) is 6.02. The summed E-state index contributed by atoms with van der Waals surface area (Å²) in [6.07, 6.45) is 1.62. The summed E-state index contributed by atoms with van der Waals surface area (Å²) >= 11 is 0.868. The van der Waals surface area contributed by atoms with Crippen molar-refractivity contribution in [1.82, 2.24) is 4.90 Å². The maximum absolute atomic E-state index is 13.2. The summed E-state index contributed by atoms with van der Waals surface area (Å²) in [6, 6.07) is 18.8. The van der Waals surface area contributed by atoms with Gasteiger partial charge in [0.05, 0.1) is 18.6 Å². The van der Waals surface area contributed by atoms with Crippen molar-refractivity contribution in [3.8, 4) is 17.2 Å². The van der Waals surface area contributed by atoms with E-state index in [1.807, 2.05) is 31.2 Å². The van der Waals surface area contributed by atoms with Gasteiger partial charge in [-0.05, 0) is 60.7 Å². The molecule has 0 aliphatic carbocycles. The first-order chi connectivity index (χ1) is 16.9. The Hall–Kier alpha value is -3.78. The lowest BCUT2D eigenvalue weighted by Crippen LogP contribution is -2.32. The fourth-order valence-electron chi connectivity index (χ4n) is 3.42. The molecule has 3 aromatic rings. The van der Waals surface area contributed by atoms with E-state index >= 15 is 0 Å². The van der Waals surface area contributed by atoms with E-state index in [0.717, 1.165) is 22.9 Å². The van der Waals surface area contributed by atoms with Gasteiger partial charge in [-0.15, -0.1) is 0 Å². The van der Waals surface area contributed by atoms with Crippen LogP contribution in [0.1, 0.15) is 16.7 Å². The SMILES string of the molecule is COc1cccc(/C=C2\SC(=O)N(CCOc3ccc(C)cc3)C2=O)c1OCc1ccc(F)cc1. The molecule has 35 heavy (non-hydrogen) atoms. The maximum atomic E-state index is 13.2. The highest BCUT2D eigenvalue weighted by molar-refractivity contribution is 8.18. The molecule has 0 saturated carbocycles. The quantitative estimate of drug-likeness (QED) is 0.349. The molecule has 0 bridgehead atoms. The zero-order chi connectivity index (χ0) is 24.8. The highest BCUT2D eigenvalue weighted by Crippen LogP contribution is 2.37. The molecule has 2 amide bonds. The standard InChI is InChI=1S/C27H24FNO5S/c1-18-6-12-22(13-7-18)33-15-14-29-26(30)24(35-27(29)31)16-20-4-3-5-23(32-2)25(20)34-17-19-8-10-21(28)11-9-19/h3-13,16H,14-15,17H2,1-2H3/b24-16-. The third-order valence-electron chi connectivity index (χ3n) is 5.29. The van der Waals surface area contributed by atoms with E-state index in [-0.39, 0.29) is 41.6 Å². The van der Waals surface area contributed by atoms with Crippen LogP contribution in [0.4, 0.5) is 9.18 Å². The van der Waals surface area contributed by atoms with Gasteiger partial charge in [-0.3, -0.25) is 14.5 Å². The number of imide groups is 1. The topological polar surface area (TPSA) is 65.1 Å². The first-order valence-corrected chi connectivity index (χ1v) is 11.8. The second-order valence-corrected chi connectivity index (χ2v) is 8.78. The number of ether oxygens (including phenoxy) is 3. The van der Waals surface area contributed by atoms with Gasteiger partial charge in [0.2, 0.25) is 0 Å². The van der Waals surface area contributed by atoms with Gasteiger partial charge in [0.15, 0.2) is 11.5 Å². The Morgan fingerprint density at radius 1 is 0.971 bits per heavy atom. The van der Waals surface area contributed by atoms with Gasteiger partial charge in [-0.25, -0.2) is 4.39 Å². The number of amides is 2. The monoisotopic (exact) mass is 493 g/mol. The van der Waals surface area contributed by atoms with Crippen LogP contribution < -0.4 is 14.2 Å². The summed E-state index contributed by atoms with van der Waals surface area (Å²) < 4.78 is 30.3. The van der Waals surface area contributed by atoms with Crippen LogP contribution >= 0.6 is 11.8 Å². The van der Waals surface area contributed by atoms with Gasteiger partial charge in [-0.1, -0.05) is 42.0 Å². The minimum absolute atomic E-state index is 0.141. The predicted molar refractivity (Wildman–Crippen MR) is 133 cm³/mol. The van der Waals surface area contributed by atoms with Gasteiger partial charge in [0, 0.05) is 5.56 Å². The lowest BCUT2D eigenvalue weighted by molar-refractivity contribution is -0.123. The van der Waals surface area contributed by atoms with Gasteiger partial charge >= 0.3 is 0 Å². The van der Waals surface area contributed by atoms with Gasteiger partial charge in [0.25, 0.3) is 11.1 Å². The summed E-state index contributed by atoms with van der Waals surface area (Å²) in [5.41, 5.74) is 2.48. The van der Waals surface area contributed by atoms with E-state index in [2.05, 4.69) is 0 Å². The number of hydrogen-bond donors (Lipinski definition) is 0. The Morgan fingerprint density at radius 2 is 1.71 bits per heavy atom. The molecule has 1 heterocycles. The first-order valence-electron chi connectivity index (χ1n) is 10.9. The number of carbonyl (C=O) groups excluding carboxylic acids is 2. The molecule has 0 unspecified atom stereocenters. The summed E-state index contributed by atoms with van der Waals surface area (Å²) in [5, 5.41) is -0.356. The van der Waals surface area contributed by atoms with E-state index in [9.17, 15) is 14.0 Å². The zero-order valence-electron chi connectivity index (χ0n) is 19.3. The van der Waals surface area contributed by atoms with Crippen molar-refractivity contribution < 1.29 is 28.2 Å². The Kier molecular flexibility index (Phi) is 7.72. The normalized spacial score (nSPS) is 14.5. The molecular weight excluding hydrogens is 469 g/mol. The molecule has 4 rings (SSSR count). The van der Waals surface area contributed by atoms with E-state index < -0.39 is 0 Å². The van der Waals surface area contributed by atoms with Crippen LogP contribution in [0.3, 0.4) is 0 Å². The molecular formula is C27H24FNO5S. The molecule has 1 aliphatic heterocycles. The fourth-order valence-corrected chi connectivity index (χ4v) is 4.28. The molecule has 0 spiro atoms. The zero-order valence-corrected chi connectivity index (χ0v) is 20.1. The van der Waals surface area contributed by atoms with Crippen molar-refractivity contribution in [2.24, 2.45) is 0 Å². The number of para-hydroxylation sites is 1. The maximum Gasteiger partial charge on any atom is 0.293 e. The average molecular weight is 494 g/mol. The first kappa shape index (κ1) is 24.3. The van der Waals surface area contributed by atoms with Crippen LogP contribution in [-0.4, -0.2) is 36.3 Å². The number of thioether (sulfide) groups is 1. The summed E-state index contributed by atoms with van der Waals surface area (Å²) in [5.74, 6) is 0.865. The Labute approximate surface area is 207 Å². The summed E-state index contributed by atoms with van der Waals surface area (Å²) in [4.78, 5) is 26.9. The molecule has 0 radical (unpaired) electrons. The molecule has 1 aliphatic rings. The number of methoxy groups -OCH3 is 1. The van der Waals surface area contributed by atoms with Crippen molar-refractivity contribution >= 4 is 29.0 Å². The molecule has 1 fully saturated rings. The average Bonchev–Trinajstić information content (AvgIpc) is 3.12. The number of benzene rings is 3. The highest BCUT2D eigenvalue weighted by atomic mass is 32.2. The van der Waals surface area contributed by atoms with Crippen molar-refractivity contribution in [2.75, 3.05) is 20.3 Å². The second-order valence-electron chi connectivity index (χ2n) is 7.79. The highest BCUT2D eigenvalue weighted by Gasteiger charge is 2.35. The molecule has 8 heteroatoms. The van der Waals surface area contributed by atoms with Crippen LogP contribution in [-0.2, 0) is 11.4 Å². The molecule has 6 nitrogen and oxygen atoms in total. The summed E-state index contributed by atoms with van der Waals surface area (Å²) in [7, 11) is 1.52. The van der Waals surface area contributed by atoms with Crippen LogP contribution in [0.5, 0.6) is 17.2 Å². The largest absolute Gasteiger partial charge is 0.493 e. The second kappa shape index (κ2) is 11.1. The Bertz CT molecular complexity index is 1240. The third-order valence-corrected chi connectivity index (χ3v) is 6.20. The lowest BCUT2D eigenvalue weighted by Gasteiger charge is -2.14. The molecule has 0 atom stereocenters. The Balaban J connectivity index is 1.47. The molecule has 180 valence electrons. The minimum Gasteiger partial charge on any atom is -0.493 e. The number of hydrogen-bond acceptors (Lipinski definition) is 6. The van der Waals surface area contributed by atoms with Crippen molar-refractivity contribution in [2.45, 2.75) is 13.5 Å². The molecule has 0 aromatic heterocycles. The van der Waals surface area contributed by atoms with E-state index in [4.69, 9.17) is 14.2 Å².